The molecule has 0 unspecified atom stereocenters. The minimum atomic E-state index is -0.708. The first-order valence-electron chi connectivity index (χ1n) is 19.8. The fourth-order valence-electron chi connectivity index (χ4n) is 7.95. The molecule has 2 aromatic carbocycles. The topological polar surface area (TPSA) is 193 Å². The number of nitrogens with zero attached hydrogens (tertiary/aromatic N) is 3. The zero-order chi connectivity index (χ0) is 40.1. The second kappa shape index (κ2) is 17.6. The van der Waals surface area contributed by atoms with Gasteiger partial charge in [-0.3, -0.25) is 9.59 Å². The van der Waals surface area contributed by atoms with Crippen LogP contribution in [0.4, 0.5) is 9.59 Å². The van der Waals surface area contributed by atoms with E-state index in [4.69, 9.17) is 19.2 Å². The van der Waals surface area contributed by atoms with Crippen molar-refractivity contribution in [1.82, 2.24) is 40.8 Å². The molecule has 3 aliphatic rings. The number of rotatable bonds is 9. The van der Waals surface area contributed by atoms with Gasteiger partial charge < -0.3 is 45.0 Å². The summed E-state index contributed by atoms with van der Waals surface area (Å²) in [6.07, 6.45) is 6.97. The first-order chi connectivity index (χ1) is 27.6. The van der Waals surface area contributed by atoms with E-state index in [1.165, 1.54) is 14.2 Å². The number of carbonyl (C=O) groups is 4. The molecular formula is C42H52N8O7. The summed E-state index contributed by atoms with van der Waals surface area (Å²) >= 11 is 0. The van der Waals surface area contributed by atoms with Crippen LogP contribution in [0.2, 0.25) is 0 Å². The van der Waals surface area contributed by atoms with E-state index in [0.717, 1.165) is 65.1 Å². The van der Waals surface area contributed by atoms with Crippen LogP contribution in [-0.4, -0.2) is 94.9 Å². The monoisotopic (exact) mass is 780 g/mol. The van der Waals surface area contributed by atoms with Gasteiger partial charge in [-0.25, -0.2) is 19.6 Å². The van der Waals surface area contributed by atoms with Gasteiger partial charge in [-0.05, 0) is 65.7 Å². The molecule has 2 aliphatic heterocycles. The minimum absolute atomic E-state index is 0.102. The summed E-state index contributed by atoms with van der Waals surface area (Å²) in [6.45, 7) is 5.57. The van der Waals surface area contributed by atoms with Crippen LogP contribution in [0.15, 0.2) is 60.9 Å². The molecule has 2 saturated heterocycles. The number of nitrogens with one attached hydrogen (secondary N) is 5. The summed E-state index contributed by atoms with van der Waals surface area (Å²) in [6, 6.07) is 14.4. The van der Waals surface area contributed by atoms with Crippen LogP contribution in [-0.2, 0) is 23.8 Å². The van der Waals surface area contributed by atoms with Gasteiger partial charge in [0.1, 0.15) is 23.7 Å². The Kier molecular flexibility index (Phi) is 12.2. The molecular weight excluding hydrogens is 729 g/mol. The maximum absolute atomic E-state index is 13.7. The lowest BCUT2D eigenvalue weighted by Gasteiger charge is -2.31. The molecule has 4 amide bonds. The van der Waals surface area contributed by atoms with E-state index in [0.29, 0.717) is 50.3 Å². The van der Waals surface area contributed by atoms with Gasteiger partial charge in [0, 0.05) is 19.8 Å². The molecule has 5 N–H and O–H groups in total. The zero-order valence-corrected chi connectivity index (χ0v) is 32.9. The standard InChI is InChI=1S/C42H52N8O7/c1-24(2)35(49-42(54)56-4)40(52)50-23-29-20-30(29)36(50)38-44-22-34(46-38)28-15-11-26(12-16-28)25-9-13-27(14-10-25)33-21-43-37(45-33)31-17-19-57-18-7-5-6-8-32(39(51)47-31)48-41(53)55-3/h9-16,21-22,24,29-32,35-36H,5-8,17-20,23H2,1-4H3,(H,43,45)(H,44,46)(H,47,51)(H,48,53)(H,49,54)/t29-,30-,31-,32-,35+,36-/m0/s1. The van der Waals surface area contributed by atoms with Gasteiger partial charge in [-0.15, -0.1) is 0 Å². The van der Waals surface area contributed by atoms with E-state index in [-0.39, 0.29) is 23.8 Å². The molecule has 57 heavy (non-hydrogen) atoms. The van der Waals surface area contributed by atoms with E-state index in [1.807, 2.05) is 37.1 Å². The van der Waals surface area contributed by atoms with Crippen LogP contribution in [0, 0.1) is 17.8 Å². The van der Waals surface area contributed by atoms with Crippen LogP contribution < -0.4 is 16.0 Å². The van der Waals surface area contributed by atoms with E-state index in [9.17, 15) is 19.2 Å². The Morgan fingerprint density at radius 3 is 2.05 bits per heavy atom. The first kappa shape index (κ1) is 39.5. The largest absolute Gasteiger partial charge is 0.453 e. The van der Waals surface area contributed by atoms with Gasteiger partial charge in [-0.2, -0.15) is 0 Å². The third kappa shape index (κ3) is 9.14. The highest BCUT2D eigenvalue weighted by Crippen LogP contribution is 2.56. The van der Waals surface area contributed by atoms with Crippen molar-refractivity contribution >= 4 is 24.0 Å². The number of piperidine rings is 1. The maximum Gasteiger partial charge on any atom is 0.407 e. The summed E-state index contributed by atoms with van der Waals surface area (Å²) in [7, 11) is 2.58. The van der Waals surface area contributed by atoms with E-state index in [1.54, 1.807) is 6.20 Å². The Morgan fingerprint density at radius 1 is 0.807 bits per heavy atom. The number of likely N-dealkylation sites (tertiary alicyclic amines) is 1. The smallest absolute Gasteiger partial charge is 0.407 e. The second-order valence-electron chi connectivity index (χ2n) is 15.5. The molecule has 4 heterocycles. The van der Waals surface area contributed by atoms with Gasteiger partial charge >= 0.3 is 12.2 Å². The summed E-state index contributed by atoms with van der Waals surface area (Å²) in [5.74, 6) is 1.65. The molecule has 1 aliphatic carbocycles. The molecule has 1 saturated carbocycles. The fourth-order valence-corrected chi connectivity index (χ4v) is 7.95. The summed E-state index contributed by atoms with van der Waals surface area (Å²) in [5.41, 5.74) is 5.69. The SMILES string of the molecule is COC(=O)N[C@H]1CCCCCOCC[C@@H](c2ncc(-c3ccc(-c4ccc(-c5cnc([C@@H]6[C@H]7C[C@H]7CN6C(=O)[C@H](NC(=O)OC)C(C)C)[nH]5)cc4)cc3)[nH]2)NC1=O. The molecule has 15 nitrogen and oxygen atoms in total. The van der Waals surface area contributed by atoms with Crippen molar-refractivity contribution in [3.63, 3.8) is 0 Å². The van der Waals surface area contributed by atoms with Gasteiger partial charge in [0.15, 0.2) is 0 Å². The summed E-state index contributed by atoms with van der Waals surface area (Å²) < 4.78 is 15.4. The van der Waals surface area contributed by atoms with Crippen molar-refractivity contribution in [1.29, 1.82) is 0 Å². The highest BCUT2D eigenvalue weighted by atomic mass is 16.5. The number of amides is 4. The number of aromatic nitrogens is 4. The fraction of sp³-hybridized carbons (Fsp3) is 0.476. The zero-order valence-electron chi connectivity index (χ0n) is 32.9. The highest BCUT2D eigenvalue weighted by molar-refractivity contribution is 5.87. The van der Waals surface area contributed by atoms with Crippen molar-refractivity contribution in [2.75, 3.05) is 34.0 Å². The number of benzene rings is 2. The number of aromatic amines is 2. The molecule has 0 spiro atoms. The maximum atomic E-state index is 13.7. The lowest BCUT2D eigenvalue weighted by Crippen LogP contribution is -2.51. The average molecular weight is 781 g/mol. The molecule has 6 atom stereocenters. The Hall–Kier alpha value is -5.70. The number of imidazole rings is 2. The molecule has 3 fully saturated rings. The lowest BCUT2D eigenvalue weighted by atomic mass is 10.0. The number of methoxy groups -OCH3 is 2. The predicted molar refractivity (Wildman–Crippen MR) is 211 cm³/mol. The Labute approximate surface area is 332 Å². The molecule has 2 aromatic heterocycles. The van der Waals surface area contributed by atoms with Crippen molar-refractivity contribution in [2.45, 2.75) is 76.5 Å². The van der Waals surface area contributed by atoms with Crippen LogP contribution in [0.5, 0.6) is 0 Å². The van der Waals surface area contributed by atoms with Crippen molar-refractivity contribution < 1.29 is 33.4 Å². The number of H-pyrrole nitrogens is 2. The normalized spacial score (nSPS) is 23.0. The molecule has 4 aromatic rings. The molecule has 0 bridgehead atoms. The van der Waals surface area contributed by atoms with Gasteiger partial charge in [-0.1, -0.05) is 75.2 Å². The molecule has 7 rings (SSSR count). The van der Waals surface area contributed by atoms with Gasteiger partial charge in [0.2, 0.25) is 11.8 Å². The second-order valence-corrected chi connectivity index (χ2v) is 15.5. The molecule has 302 valence electrons. The number of carbonyl (C=O) groups excluding carboxylic acids is 4. The van der Waals surface area contributed by atoms with Crippen molar-refractivity contribution in [2.24, 2.45) is 17.8 Å². The third-order valence-electron chi connectivity index (χ3n) is 11.3. The average Bonchev–Trinajstić information content (AvgIpc) is 3.56. The first-order valence-corrected chi connectivity index (χ1v) is 19.8. The third-order valence-corrected chi connectivity index (χ3v) is 11.3. The number of ether oxygens (including phenoxy) is 3. The van der Waals surface area contributed by atoms with Crippen LogP contribution in [0.1, 0.15) is 76.1 Å². The van der Waals surface area contributed by atoms with Crippen LogP contribution in [0.3, 0.4) is 0 Å². The Morgan fingerprint density at radius 2 is 1.42 bits per heavy atom. The number of hydrogen-bond donors (Lipinski definition) is 5. The van der Waals surface area contributed by atoms with E-state index in [2.05, 4.69) is 67.3 Å². The quantitative estimate of drug-likeness (QED) is 0.138. The minimum Gasteiger partial charge on any atom is -0.453 e. The number of fused-ring (bicyclic) bond motifs is 1. The summed E-state index contributed by atoms with van der Waals surface area (Å²) in [5, 5.41) is 8.45. The van der Waals surface area contributed by atoms with E-state index >= 15 is 0 Å². The molecule has 0 radical (unpaired) electrons. The van der Waals surface area contributed by atoms with Crippen molar-refractivity contribution in [3.8, 4) is 33.6 Å². The number of hydrogen-bond acceptors (Lipinski definition) is 9. The molecule has 15 heteroatoms. The summed E-state index contributed by atoms with van der Waals surface area (Å²) in [4.78, 5) is 69.1. The predicted octanol–water partition coefficient (Wildman–Crippen LogP) is 5.90. The Bertz CT molecular complexity index is 2030. The van der Waals surface area contributed by atoms with Gasteiger partial charge in [0.05, 0.1) is 50.1 Å². The lowest BCUT2D eigenvalue weighted by molar-refractivity contribution is -0.136. The number of alkyl carbamates (subject to hydrolysis) is 2. The highest BCUT2D eigenvalue weighted by Gasteiger charge is 2.56. The van der Waals surface area contributed by atoms with Crippen molar-refractivity contribution in [3.05, 3.63) is 72.6 Å². The van der Waals surface area contributed by atoms with Crippen LogP contribution >= 0.6 is 0 Å². The van der Waals surface area contributed by atoms with Gasteiger partial charge in [0.25, 0.3) is 0 Å². The van der Waals surface area contributed by atoms with E-state index < -0.39 is 30.3 Å². The Balaban J connectivity index is 1.01. The van der Waals surface area contributed by atoms with Crippen LogP contribution in [0.25, 0.3) is 33.6 Å².